The predicted octanol–water partition coefficient (Wildman–Crippen LogP) is 4.42. The molecule has 0 bridgehead atoms. The monoisotopic (exact) mass is 531 g/mol. The first kappa shape index (κ1) is 24.8. The smallest absolute Gasteiger partial charge is 0.234 e. The third kappa shape index (κ3) is 3.32. The Balaban J connectivity index is 1.51. The van der Waals surface area contributed by atoms with Crippen molar-refractivity contribution in [2.75, 3.05) is 7.11 Å². The maximum atomic E-state index is 13.9. The zero-order valence-corrected chi connectivity index (χ0v) is 22.3. The number of Topliss-reactive ketones (excluding diaryl/α,β-unsaturated/α-hetero) is 1. The number of likely N-dealkylation sites (tertiary alicyclic amines) is 1. The number of hydrogen-bond donors (Lipinski definition) is 1. The van der Waals surface area contributed by atoms with Gasteiger partial charge in [-0.3, -0.25) is 24.1 Å². The van der Waals surface area contributed by atoms with Gasteiger partial charge in [-0.15, -0.1) is 11.3 Å². The molecule has 1 saturated heterocycles. The lowest BCUT2D eigenvalue weighted by atomic mass is 9.47. The molecule has 6 rings (SSSR count). The van der Waals surface area contributed by atoms with Crippen molar-refractivity contribution in [2.45, 2.75) is 39.2 Å². The Morgan fingerprint density at radius 3 is 2.61 bits per heavy atom. The molecule has 4 aliphatic rings. The fourth-order valence-corrected chi connectivity index (χ4v) is 8.18. The van der Waals surface area contributed by atoms with Gasteiger partial charge >= 0.3 is 0 Å². The summed E-state index contributed by atoms with van der Waals surface area (Å²) in [5, 5.41) is 13.0. The summed E-state index contributed by atoms with van der Waals surface area (Å²) in [6.07, 6.45) is 4.06. The summed E-state index contributed by atoms with van der Waals surface area (Å²) in [5.41, 5.74) is 0.495. The van der Waals surface area contributed by atoms with Crippen LogP contribution in [0.25, 0.3) is 0 Å². The van der Waals surface area contributed by atoms with E-state index in [0.29, 0.717) is 29.7 Å². The van der Waals surface area contributed by atoms with Crippen molar-refractivity contribution in [2.24, 2.45) is 29.1 Å². The highest BCUT2D eigenvalue weighted by Gasteiger charge is 2.64. The number of allylic oxidation sites excluding steroid dienone is 4. The van der Waals surface area contributed by atoms with E-state index in [0.717, 1.165) is 10.5 Å². The number of carbonyl (C=O) groups excluding carboxylic acids is 4. The van der Waals surface area contributed by atoms with Crippen molar-refractivity contribution in [1.29, 1.82) is 0 Å². The standard InChI is InChI=1S/C30H29NO6S/c1-15-12-22(33)20-13-19-17(26(30(20,2)27(15)34)25-21(32)7-4-8-23(25)37-3)9-10-18-24(19)29(36)31(28(18)35)14-16-6-5-11-38-16/h4-9,11-12,18-20,24,26,32H,10,13-14H2,1-3H3/t18-,19+,20-,24-,26+,30+/m0/s1. The van der Waals surface area contributed by atoms with Crippen molar-refractivity contribution in [3.05, 3.63) is 69.5 Å². The highest BCUT2D eigenvalue weighted by molar-refractivity contribution is 7.09. The van der Waals surface area contributed by atoms with E-state index in [4.69, 9.17) is 4.74 Å². The summed E-state index contributed by atoms with van der Waals surface area (Å²) in [7, 11) is 1.50. The van der Waals surface area contributed by atoms with Crippen LogP contribution in [0.4, 0.5) is 0 Å². The molecule has 1 aromatic carbocycles. The van der Waals surface area contributed by atoms with E-state index in [1.807, 2.05) is 23.6 Å². The average molecular weight is 532 g/mol. The summed E-state index contributed by atoms with van der Waals surface area (Å²) in [5.74, 6) is -3.22. The van der Waals surface area contributed by atoms with Crippen molar-refractivity contribution < 1.29 is 29.0 Å². The van der Waals surface area contributed by atoms with Crippen LogP contribution < -0.4 is 4.74 Å². The maximum absolute atomic E-state index is 13.9. The van der Waals surface area contributed by atoms with Crippen molar-refractivity contribution in [3.63, 3.8) is 0 Å². The van der Waals surface area contributed by atoms with Crippen LogP contribution in [-0.4, -0.2) is 40.5 Å². The van der Waals surface area contributed by atoms with Gasteiger partial charge in [0.25, 0.3) is 0 Å². The van der Waals surface area contributed by atoms with Crippen molar-refractivity contribution in [1.82, 2.24) is 4.90 Å². The molecule has 0 radical (unpaired) electrons. The Morgan fingerprint density at radius 1 is 1.11 bits per heavy atom. The zero-order valence-electron chi connectivity index (χ0n) is 21.5. The second-order valence-corrected chi connectivity index (χ2v) is 12.0. The topological polar surface area (TPSA) is 101 Å². The second-order valence-electron chi connectivity index (χ2n) is 11.0. The van der Waals surface area contributed by atoms with Gasteiger partial charge in [-0.05, 0) is 60.9 Å². The summed E-state index contributed by atoms with van der Waals surface area (Å²) < 4.78 is 5.65. The molecule has 6 atom stereocenters. The number of nitrogens with zero attached hydrogens (tertiary/aromatic N) is 1. The van der Waals surface area contributed by atoms with Crippen LogP contribution in [0.3, 0.4) is 0 Å². The Morgan fingerprint density at radius 2 is 1.89 bits per heavy atom. The Bertz CT molecular complexity index is 1440. The van der Waals surface area contributed by atoms with Gasteiger partial charge in [-0.1, -0.05) is 30.7 Å². The van der Waals surface area contributed by atoms with E-state index in [1.165, 1.54) is 29.4 Å². The molecule has 1 saturated carbocycles. The van der Waals surface area contributed by atoms with E-state index in [2.05, 4.69) is 0 Å². The van der Waals surface area contributed by atoms with E-state index < -0.39 is 35.0 Å². The van der Waals surface area contributed by atoms with E-state index in [1.54, 1.807) is 32.0 Å². The van der Waals surface area contributed by atoms with Crippen molar-refractivity contribution >= 4 is 34.7 Å². The van der Waals surface area contributed by atoms with E-state index in [-0.39, 0.29) is 35.7 Å². The van der Waals surface area contributed by atoms with E-state index >= 15 is 0 Å². The minimum absolute atomic E-state index is 0.0291. The van der Waals surface area contributed by atoms with Crippen LogP contribution >= 0.6 is 11.3 Å². The van der Waals surface area contributed by atoms with Gasteiger partial charge in [-0.2, -0.15) is 0 Å². The number of fused-ring (bicyclic) bond motifs is 4. The van der Waals surface area contributed by atoms with Crippen LogP contribution in [-0.2, 0) is 25.7 Å². The normalized spacial score (nSPS) is 32.4. The van der Waals surface area contributed by atoms with Gasteiger partial charge in [0.2, 0.25) is 11.8 Å². The molecule has 0 unspecified atom stereocenters. The number of imide groups is 1. The summed E-state index contributed by atoms with van der Waals surface area (Å²) in [6, 6.07) is 8.75. The predicted molar refractivity (Wildman–Crippen MR) is 140 cm³/mol. The molecule has 38 heavy (non-hydrogen) atoms. The first-order valence-corrected chi connectivity index (χ1v) is 13.8. The number of rotatable bonds is 4. The van der Waals surface area contributed by atoms with Gasteiger partial charge in [0, 0.05) is 22.3 Å². The lowest BCUT2D eigenvalue weighted by molar-refractivity contribution is -0.142. The number of aromatic hydroxyl groups is 1. The molecule has 1 aliphatic heterocycles. The number of ketones is 2. The third-order valence-corrected chi connectivity index (χ3v) is 10.0. The fourth-order valence-electron chi connectivity index (χ4n) is 7.48. The minimum atomic E-state index is -1.17. The van der Waals surface area contributed by atoms with Crippen LogP contribution in [0.1, 0.15) is 43.0 Å². The van der Waals surface area contributed by atoms with Gasteiger partial charge in [0.1, 0.15) is 11.5 Å². The highest BCUT2D eigenvalue weighted by atomic mass is 32.1. The van der Waals surface area contributed by atoms with Crippen LogP contribution in [0, 0.1) is 29.1 Å². The quantitative estimate of drug-likeness (QED) is 0.463. The van der Waals surface area contributed by atoms with E-state index in [9.17, 15) is 24.3 Å². The molecule has 1 aromatic heterocycles. The molecule has 196 valence electrons. The molecule has 3 aliphatic carbocycles. The van der Waals surface area contributed by atoms with Gasteiger partial charge < -0.3 is 9.84 Å². The Kier molecular flexibility index (Phi) is 5.72. The van der Waals surface area contributed by atoms with Crippen LogP contribution in [0.5, 0.6) is 11.5 Å². The second kappa shape index (κ2) is 8.76. The number of thiophene rings is 1. The minimum Gasteiger partial charge on any atom is -0.508 e. The number of hydrogen-bond acceptors (Lipinski definition) is 7. The zero-order chi connectivity index (χ0) is 26.9. The molecular weight excluding hydrogens is 502 g/mol. The van der Waals surface area contributed by atoms with Crippen LogP contribution in [0.2, 0.25) is 0 Å². The first-order chi connectivity index (χ1) is 18.2. The maximum Gasteiger partial charge on any atom is 0.234 e. The fraction of sp³-hybridized carbons (Fsp3) is 0.400. The highest BCUT2D eigenvalue weighted by Crippen LogP contribution is 2.64. The number of carbonyl (C=O) groups is 4. The third-order valence-electron chi connectivity index (χ3n) is 9.18. The molecule has 8 heteroatoms. The molecule has 7 nitrogen and oxygen atoms in total. The van der Waals surface area contributed by atoms with Crippen LogP contribution in [0.15, 0.2) is 59.0 Å². The lowest BCUT2D eigenvalue weighted by Gasteiger charge is -2.53. The molecule has 2 heterocycles. The molecule has 1 N–H and O–H groups in total. The van der Waals surface area contributed by atoms with Crippen molar-refractivity contribution in [3.8, 4) is 11.5 Å². The SMILES string of the molecule is COc1cccc(O)c1[C@H]1C2=CC[C@@H]3C(=O)N(Cc4cccs4)C(=O)[C@@H]3[C@@H]2C[C@H]2C(=O)C=C(C)C(=O)[C@@]12C. The Hall–Kier alpha value is -3.52. The molecule has 2 fully saturated rings. The molecular formula is C30H29NO6S. The number of phenolic OH excluding ortho intramolecular Hbond substituents is 1. The Labute approximate surface area is 224 Å². The number of benzene rings is 1. The van der Waals surface area contributed by atoms with Gasteiger partial charge in [0.05, 0.1) is 30.9 Å². The molecule has 0 spiro atoms. The number of ether oxygens (including phenoxy) is 1. The number of amides is 2. The summed E-state index contributed by atoms with van der Waals surface area (Å²) in [4.78, 5) is 57.0. The first-order valence-electron chi connectivity index (χ1n) is 12.9. The average Bonchev–Trinajstić information content (AvgIpc) is 3.50. The molecule has 2 amide bonds. The number of methoxy groups -OCH3 is 1. The summed E-state index contributed by atoms with van der Waals surface area (Å²) >= 11 is 1.50. The van der Waals surface area contributed by atoms with Gasteiger partial charge in [-0.25, -0.2) is 0 Å². The number of phenols is 1. The van der Waals surface area contributed by atoms with Gasteiger partial charge in [0.15, 0.2) is 11.6 Å². The largest absolute Gasteiger partial charge is 0.508 e. The summed E-state index contributed by atoms with van der Waals surface area (Å²) in [6.45, 7) is 3.69. The molecule has 2 aromatic rings. The lowest BCUT2D eigenvalue weighted by Crippen LogP contribution is -2.54.